The monoisotopic (exact) mass is 330 g/mol. The van der Waals surface area contributed by atoms with Gasteiger partial charge in [0.1, 0.15) is 11.6 Å². The van der Waals surface area contributed by atoms with E-state index in [4.69, 9.17) is 0 Å². The predicted molar refractivity (Wildman–Crippen MR) is 78.9 cm³/mol. The second-order valence-electron chi connectivity index (χ2n) is 7.10. The highest BCUT2D eigenvalue weighted by molar-refractivity contribution is 5.92. The molecule has 1 aliphatic heterocycles. The molecular formula is C16H24F2N2O3. The number of halogens is 2. The number of likely N-dealkylation sites (tertiary alicyclic amines) is 1. The van der Waals surface area contributed by atoms with Crippen LogP contribution in [-0.2, 0) is 9.59 Å². The third-order valence-corrected chi connectivity index (χ3v) is 5.61. The fraction of sp³-hybridized carbons (Fsp3) is 0.875. The molecule has 2 saturated carbocycles. The van der Waals surface area contributed by atoms with Crippen molar-refractivity contribution in [1.29, 1.82) is 0 Å². The zero-order chi connectivity index (χ0) is 16.7. The molecule has 3 fully saturated rings. The number of rotatable bonds is 4. The van der Waals surface area contributed by atoms with Crippen molar-refractivity contribution < 1.29 is 23.5 Å². The topological polar surface area (TPSA) is 69.6 Å². The van der Waals surface area contributed by atoms with Gasteiger partial charge in [-0.15, -0.1) is 0 Å². The molecule has 0 spiro atoms. The van der Waals surface area contributed by atoms with E-state index in [1.165, 1.54) is 6.42 Å². The van der Waals surface area contributed by atoms with Crippen LogP contribution in [0, 0.1) is 0 Å². The van der Waals surface area contributed by atoms with Gasteiger partial charge in [-0.1, -0.05) is 19.3 Å². The standard InChI is InChI=1S/C16H24F2N2O3/c17-16(18,15(23)8-4-9-15)14(22)19-12-7-10-20(13(12)21)11-5-2-1-3-6-11/h11-12,23H,1-10H2,(H,19,22)/t12-/m0/s1. The minimum atomic E-state index is -3.84. The van der Waals surface area contributed by atoms with E-state index < -0.39 is 23.5 Å². The van der Waals surface area contributed by atoms with Gasteiger partial charge >= 0.3 is 5.92 Å². The van der Waals surface area contributed by atoms with Crippen LogP contribution in [-0.4, -0.2) is 52.0 Å². The van der Waals surface area contributed by atoms with Gasteiger partial charge in [-0.2, -0.15) is 8.78 Å². The molecule has 3 rings (SSSR count). The molecule has 0 aromatic rings. The number of nitrogens with zero attached hydrogens (tertiary/aromatic N) is 1. The summed E-state index contributed by atoms with van der Waals surface area (Å²) in [4.78, 5) is 26.0. The first-order valence-corrected chi connectivity index (χ1v) is 8.57. The molecule has 1 saturated heterocycles. The number of carbonyl (C=O) groups is 2. The van der Waals surface area contributed by atoms with E-state index in [0.717, 1.165) is 25.7 Å². The van der Waals surface area contributed by atoms with E-state index in [1.54, 1.807) is 4.90 Å². The molecule has 0 aromatic heterocycles. The number of aliphatic hydroxyl groups is 1. The minimum absolute atomic E-state index is 0.0831. The molecule has 1 atom stereocenters. The Hall–Kier alpha value is -1.24. The van der Waals surface area contributed by atoms with Crippen molar-refractivity contribution in [3.63, 3.8) is 0 Å². The maximum Gasteiger partial charge on any atom is 0.352 e. The van der Waals surface area contributed by atoms with E-state index in [0.29, 0.717) is 19.4 Å². The van der Waals surface area contributed by atoms with Gasteiger partial charge < -0.3 is 15.3 Å². The number of amides is 2. The molecule has 0 radical (unpaired) electrons. The lowest BCUT2D eigenvalue weighted by Gasteiger charge is -2.41. The lowest BCUT2D eigenvalue weighted by Crippen LogP contribution is -2.62. The SMILES string of the molecule is O=C1[C@@H](NC(=O)C(F)(F)C2(O)CCC2)CCN1C1CCCCC1. The lowest BCUT2D eigenvalue weighted by atomic mass is 9.75. The smallest absolute Gasteiger partial charge is 0.352 e. The Kier molecular flexibility index (Phi) is 4.33. The molecule has 2 N–H and O–H groups in total. The highest BCUT2D eigenvalue weighted by Gasteiger charge is 2.61. The summed E-state index contributed by atoms with van der Waals surface area (Å²) in [6, 6.07) is -0.714. The van der Waals surface area contributed by atoms with Crippen LogP contribution >= 0.6 is 0 Å². The molecule has 2 aliphatic carbocycles. The summed E-state index contributed by atoms with van der Waals surface area (Å²) in [7, 11) is 0. The lowest BCUT2D eigenvalue weighted by molar-refractivity contribution is -0.216. The van der Waals surface area contributed by atoms with Crippen LogP contribution in [0.25, 0.3) is 0 Å². The van der Waals surface area contributed by atoms with Gasteiger partial charge in [0.05, 0.1) is 0 Å². The number of hydrogen-bond donors (Lipinski definition) is 2. The first-order valence-electron chi connectivity index (χ1n) is 8.57. The summed E-state index contributed by atoms with van der Waals surface area (Å²) >= 11 is 0. The van der Waals surface area contributed by atoms with E-state index in [-0.39, 0.29) is 24.8 Å². The molecule has 7 heteroatoms. The molecule has 2 amide bonds. The van der Waals surface area contributed by atoms with E-state index in [9.17, 15) is 23.5 Å². The predicted octanol–water partition coefficient (Wildman–Crippen LogP) is 1.59. The Bertz CT molecular complexity index is 488. The Balaban J connectivity index is 1.60. The summed E-state index contributed by atoms with van der Waals surface area (Å²) in [5, 5.41) is 12.0. The van der Waals surface area contributed by atoms with Gasteiger partial charge in [0.2, 0.25) is 5.91 Å². The van der Waals surface area contributed by atoms with Gasteiger partial charge in [-0.3, -0.25) is 9.59 Å². The van der Waals surface area contributed by atoms with Crippen molar-refractivity contribution in [2.24, 2.45) is 0 Å². The van der Waals surface area contributed by atoms with Crippen molar-refractivity contribution in [2.75, 3.05) is 6.54 Å². The summed E-state index contributed by atoms with van der Waals surface area (Å²) in [6.45, 7) is 0.504. The Morgan fingerprint density at radius 2 is 1.83 bits per heavy atom. The van der Waals surface area contributed by atoms with Crippen LogP contribution < -0.4 is 5.32 Å². The maximum atomic E-state index is 14.1. The molecular weight excluding hydrogens is 306 g/mol. The van der Waals surface area contributed by atoms with Crippen molar-refractivity contribution in [3.8, 4) is 0 Å². The summed E-state index contributed by atoms with van der Waals surface area (Å²) < 4.78 is 28.2. The third kappa shape index (κ3) is 2.84. The number of nitrogens with one attached hydrogen (secondary N) is 1. The molecule has 3 aliphatic rings. The molecule has 5 nitrogen and oxygen atoms in total. The average Bonchev–Trinajstić information content (AvgIpc) is 2.86. The molecule has 0 unspecified atom stereocenters. The van der Waals surface area contributed by atoms with Gasteiger partial charge in [0.25, 0.3) is 5.91 Å². The van der Waals surface area contributed by atoms with Gasteiger partial charge in [-0.05, 0) is 38.5 Å². The van der Waals surface area contributed by atoms with Gasteiger partial charge in [0.15, 0.2) is 0 Å². The highest BCUT2D eigenvalue weighted by atomic mass is 19.3. The van der Waals surface area contributed by atoms with Gasteiger partial charge in [-0.25, -0.2) is 0 Å². The summed E-state index contributed by atoms with van der Waals surface area (Å²) in [5.74, 6) is -5.63. The Labute approximate surface area is 134 Å². The zero-order valence-electron chi connectivity index (χ0n) is 13.2. The van der Waals surface area contributed by atoms with Crippen LogP contribution in [0.3, 0.4) is 0 Å². The number of hydrogen-bond acceptors (Lipinski definition) is 3. The molecule has 0 bridgehead atoms. The summed E-state index contributed by atoms with van der Waals surface area (Å²) in [5.41, 5.74) is -2.25. The summed E-state index contributed by atoms with van der Waals surface area (Å²) in [6.07, 6.45) is 5.90. The van der Waals surface area contributed by atoms with E-state index >= 15 is 0 Å². The fourth-order valence-corrected chi connectivity index (χ4v) is 3.88. The quantitative estimate of drug-likeness (QED) is 0.822. The number of alkyl halides is 2. The maximum absolute atomic E-state index is 14.1. The number of carbonyl (C=O) groups excluding carboxylic acids is 2. The van der Waals surface area contributed by atoms with Crippen molar-refractivity contribution in [1.82, 2.24) is 10.2 Å². The van der Waals surface area contributed by atoms with E-state index in [1.807, 2.05) is 0 Å². The molecule has 130 valence electrons. The van der Waals surface area contributed by atoms with Crippen LogP contribution in [0.5, 0.6) is 0 Å². The van der Waals surface area contributed by atoms with Crippen molar-refractivity contribution in [3.05, 3.63) is 0 Å². The van der Waals surface area contributed by atoms with Crippen LogP contribution in [0.4, 0.5) is 8.78 Å². The second kappa shape index (κ2) is 6.00. The third-order valence-electron chi connectivity index (χ3n) is 5.61. The van der Waals surface area contributed by atoms with Crippen LogP contribution in [0.1, 0.15) is 57.8 Å². The van der Waals surface area contributed by atoms with Crippen molar-refractivity contribution in [2.45, 2.75) is 81.4 Å². The zero-order valence-corrected chi connectivity index (χ0v) is 13.2. The normalized spacial score (nSPS) is 28.6. The first kappa shape index (κ1) is 16.6. The molecule has 23 heavy (non-hydrogen) atoms. The Morgan fingerprint density at radius 1 is 1.17 bits per heavy atom. The molecule has 0 aromatic carbocycles. The minimum Gasteiger partial charge on any atom is -0.383 e. The second-order valence-corrected chi connectivity index (χ2v) is 7.10. The van der Waals surface area contributed by atoms with E-state index in [2.05, 4.69) is 5.32 Å². The largest absolute Gasteiger partial charge is 0.383 e. The van der Waals surface area contributed by atoms with Crippen LogP contribution in [0.2, 0.25) is 0 Å². The molecule has 1 heterocycles. The van der Waals surface area contributed by atoms with Crippen LogP contribution in [0.15, 0.2) is 0 Å². The Morgan fingerprint density at radius 3 is 2.39 bits per heavy atom. The van der Waals surface area contributed by atoms with Gasteiger partial charge in [0, 0.05) is 12.6 Å². The van der Waals surface area contributed by atoms with Crippen molar-refractivity contribution >= 4 is 11.8 Å². The highest BCUT2D eigenvalue weighted by Crippen LogP contribution is 2.44. The fourth-order valence-electron chi connectivity index (χ4n) is 3.88. The average molecular weight is 330 g/mol. The first-order chi connectivity index (χ1) is 10.8.